The maximum Gasteiger partial charge on any atom is 0.310 e. The van der Waals surface area contributed by atoms with Crippen LogP contribution >= 0.6 is 11.6 Å². The third kappa shape index (κ3) is 3.30. The Labute approximate surface area is 126 Å². The summed E-state index contributed by atoms with van der Waals surface area (Å²) in [5.74, 6) is 0.961. The first-order chi connectivity index (χ1) is 9.15. The molecule has 2 rings (SSSR count). The molecule has 6 heteroatoms. The fourth-order valence-corrected chi connectivity index (χ4v) is 2.79. The Bertz CT molecular complexity index is 487. The Morgan fingerprint density at radius 3 is 2.79 bits per heavy atom. The van der Waals surface area contributed by atoms with E-state index in [9.17, 15) is 4.79 Å². The lowest BCUT2D eigenvalue weighted by Gasteiger charge is -2.32. The Morgan fingerprint density at radius 2 is 2.26 bits per heavy atom. The maximum atomic E-state index is 11.6. The molecule has 0 bridgehead atoms. The molecule has 0 aromatic carbocycles. The van der Waals surface area contributed by atoms with Gasteiger partial charge in [-0.2, -0.15) is 0 Å². The summed E-state index contributed by atoms with van der Waals surface area (Å²) in [7, 11) is 0. The molecular formula is C13H15AlClN3O. The van der Waals surface area contributed by atoms with Crippen LogP contribution in [-0.2, 0) is 4.79 Å². The summed E-state index contributed by atoms with van der Waals surface area (Å²) in [6.45, 7) is 5.28. The quantitative estimate of drug-likeness (QED) is 0.864. The minimum absolute atomic E-state index is 0.0833. The molecule has 98 valence electrons. The van der Waals surface area contributed by atoms with Gasteiger partial charge in [-0.15, -0.1) is 0 Å². The van der Waals surface area contributed by atoms with Gasteiger partial charge in [-0.25, -0.2) is 4.98 Å². The number of halogens is 1. The highest BCUT2D eigenvalue weighted by atomic mass is 35.5. The molecule has 0 saturated carbocycles. The van der Waals surface area contributed by atoms with Gasteiger partial charge >= 0.3 is 16.5 Å². The Morgan fingerprint density at radius 1 is 1.58 bits per heavy atom. The molecule has 1 aliphatic rings. The molecule has 2 heterocycles. The third-order valence-corrected chi connectivity index (χ3v) is 3.95. The molecule has 1 aliphatic heterocycles. The summed E-state index contributed by atoms with van der Waals surface area (Å²) in [5.41, 5.74) is 0.908. The number of anilines is 1. The molecule has 1 aromatic heterocycles. The highest BCUT2D eigenvalue weighted by Crippen LogP contribution is 2.28. The van der Waals surface area contributed by atoms with Crippen molar-refractivity contribution in [1.29, 1.82) is 0 Å². The van der Waals surface area contributed by atoms with Crippen LogP contribution < -0.4 is 9.20 Å². The smallest absolute Gasteiger partial charge is 0.310 e. The molecule has 1 aromatic rings. The third-order valence-electron chi connectivity index (χ3n) is 3.39. The Hall–Kier alpha value is -1.02. The van der Waals surface area contributed by atoms with E-state index in [2.05, 4.69) is 37.3 Å². The summed E-state index contributed by atoms with van der Waals surface area (Å²) in [5, 5.41) is 0.631. The molecule has 0 spiro atoms. The number of carbonyl (C=O) groups is 1. The van der Waals surface area contributed by atoms with Crippen molar-refractivity contribution >= 4 is 45.9 Å². The second kappa shape index (κ2) is 6.43. The molecule has 0 atom stereocenters. The minimum atomic E-state index is 0.0833. The second-order valence-electron chi connectivity index (χ2n) is 4.55. The zero-order valence-corrected chi connectivity index (χ0v) is 12.5. The van der Waals surface area contributed by atoms with Crippen LogP contribution in [0.1, 0.15) is 18.4 Å². The Balaban J connectivity index is 2.05. The fraction of sp³-hybridized carbons (Fsp3) is 0.385. The summed E-state index contributed by atoms with van der Waals surface area (Å²) in [6, 6.07) is 1.86. The van der Waals surface area contributed by atoms with Crippen molar-refractivity contribution in [3.05, 3.63) is 29.4 Å². The van der Waals surface area contributed by atoms with E-state index in [4.69, 9.17) is 11.6 Å². The van der Waals surface area contributed by atoms with Crippen molar-refractivity contribution in [2.75, 3.05) is 18.0 Å². The van der Waals surface area contributed by atoms with Gasteiger partial charge in [0.2, 0.25) is 0 Å². The molecule has 0 unspecified atom stereocenters. The number of piperidine rings is 1. The van der Waals surface area contributed by atoms with Crippen molar-refractivity contribution in [3.8, 4) is 0 Å². The average Bonchev–Trinajstić information content (AvgIpc) is 2.46. The highest BCUT2D eigenvalue weighted by Gasteiger charge is 2.25. The van der Waals surface area contributed by atoms with Gasteiger partial charge in [0, 0.05) is 25.2 Å². The van der Waals surface area contributed by atoms with E-state index in [-0.39, 0.29) is 11.8 Å². The highest BCUT2D eigenvalue weighted by molar-refractivity contribution is 6.33. The van der Waals surface area contributed by atoms with Crippen LogP contribution in [0.15, 0.2) is 18.8 Å². The number of rotatable bonds is 3. The van der Waals surface area contributed by atoms with Crippen LogP contribution in [0.5, 0.6) is 0 Å². The van der Waals surface area contributed by atoms with Gasteiger partial charge in [0.15, 0.2) is 5.91 Å². The van der Waals surface area contributed by atoms with E-state index in [1.165, 1.54) is 0 Å². The molecule has 0 aliphatic carbocycles. The van der Waals surface area contributed by atoms with Gasteiger partial charge in [-0.05, 0) is 24.5 Å². The number of amides is 1. The first-order valence-electron chi connectivity index (χ1n) is 6.19. The van der Waals surface area contributed by atoms with E-state index in [0.29, 0.717) is 5.02 Å². The SMILES string of the molecule is C=Cc1cnc(N2CCC(C(=O)[NH][Al])CC2)c(Cl)c1. The first-order valence-corrected chi connectivity index (χ1v) is 7.14. The number of carbonyl (C=O) groups excluding carboxylic acids is 1. The van der Waals surface area contributed by atoms with Gasteiger partial charge in [0.05, 0.1) is 5.02 Å². The number of hydrogen-bond acceptors (Lipinski definition) is 3. The second-order valence-corrected chi connectivity index (χ2v) is 5.24. The van der Waals surface area contributed by atoms with Crippen molar-refractivity contribution in [1.82, 2.24) is 9.28 Å². The van der Waals surface area contributed by atoms with Gasteiger partial charge in [-0.1, -0.05) is 24.3 Å². The van der Waals surface area contributed by atoms with Crippen molar-refractivity contribution in [3.63, 3.8) is 0 Å². The zero-order chi connectivity index (χ0) is 13.8. The molecule has 2 radical (unpaired) electrons. The monoisotopic (exact) mass is 291 g/mol. The van der Waals surface area contributed by atoms with Crippen LogP contribution in [0.4, 0.5) is 5.82 Å². The topological polar surface area (TPSA) is 45.2 Å². The van der Waals surface area contributed by atoms with E-state index < -0.39 is 0 Å². The van der Waals surface area contributed by atoms with E-state index >= 15 is 0 Å². The lowest BCUT2D eigenvalue weighted by molar-refractivity contribution is -0.123. The number of nitrogens with one attached hydrogen (secondary N) is 1. The summed E-state index contributed by atoms with van der Waals surface area (Å²) in [4.78, 5) is 18.1. The lowest BCUT2D eigenvalue weighted by Crippen LogP contribution is -2.40. The van der Waals surface area contributed by atoms with Crippen LogP contribution in [-0.4, -0.2) is 40.5 Å². The zero-order valence-electron chi connectivity index (χ0n) is 10.6. The molecule has 1 fully saturated rings. The first kappa shape index (κ1) is 14.4. The number of nitrogens with zero attached hydrogens (tertiary/aromatic N) is 2. The lowest BCUT2D eigenvalue weighted by atomic mass is 9.96. The molecule has 1 amide bonds. The standard InChI is InChI=1S/C13H16ClN3O.Al/c1-2-9-7-11(14)13(16-8-9)17-5-3-10(4-6-17)12(15)18;/h2,7-8,10H,1,3-6H2,(H2,15,18);/q;+1/p-1. The van der Waals surface area contributed by atoms with E-state index in [1.807, 2.05) is 6.07 Å². The normalized spacial score (nSPS) is 16.2. The van der Waals surface area contributed by atoms with Gasteiger partial charge in [-0.3, -0.25) is 4.79 Å². The predicted molar refractivity (Wildman–Crippen MR) is 78.2 cm³/mol. The fourth-order valence-electron chi connectivity index (χ4n) is 2.26. The van der Waals surface area contributed by atoms with Crippen LogP contribution in [0.25, 0.3) is 6.08 Å². The number of aromatic nitrogens is 1. The van der Waals surface area contributed by atoms with Crippen LogP contribution in [0, 0.1) is 5.92 Å². The van der Waals surface area contributed by atoms with Gasteiger partial charge < -0.3 is 9.20 Å². The molecule has 1 saturated heterocycles. The van der Waals surface area contributed by atoms with Crippen molar-refractivity contribution in [2.45, 2.75) is 12.8 Å². The number of pyridine rings is 1. The number of hydrogen-bond donors (Lipinski definition) is 1. The van der Waals surface area contributed by atoms with Crippen molar-refractivity contribution < 1.29 is 4.79 Å². The predicted octanol–water partition coefficient (Wildman–Crippen LogP) is 1.79. The molecular weight excluding hydrogens is 277 g/mol. The van der Waals surface area contributed by atoms with Crippen LogP contribution in [0.3, 0.4) is 0 Å². The minimum Gasteiger partial charge on any atom is -0.463 e. The van der Waals surface area contributed by atoms with E-state index in [0.717, 1.165) is 37.3 Å². The average molecular weight is 292 g/mol. The maximum absolute atomic E-state index is 11.6. The van der Waals surface area contributed by atoms with Crippen molar-refractivity contribution in [2.24, 2.45) is 5.92 Å². The molecule has 19 heavy (non-hydrogen) atoms. The summed E-state index contributed by atoms with van der Waals surface area (Å²) in [6.07, 6.45) is 5.12. The largest absolute Gasteiger partial charge is 0.463 e. The van der Waals surface area contributed by atoms with Gasteiger partial charge in [0.25, 0.3) is 0 Å². The van der Waals surface area contributed by atoms with E-state index in [1.54, 1.807) is 12.3 Å². The molecule has 1 N–H and O–H groups in total. The summed E-state index contributed by atoms with van der Waals surface area (Å²) < 4.78 is 2.62. The molecule has 4 nitrogen and oxygen atoms in total. The summed E-state index contributed by atoms with van der Waals surface area (Å²) >= 11 is 8.49. The Kier molecular flexibility index (Phi) is 4.87. The van der Waals surface area contributed by atoms with Crippen LogP contribution in [0.2, 0.25) is 5.02 Å². The van der Waals surface area contributed by atoms with Gasteiger partial charge in [0.1, 0.15) is 5.82 Å².